The average Bonchev–Trinajstić information content (AvgIpc) is 3.47. The summed E-state index contributed by atoms with van der Waals surface area (Å²) in [7, 11) is 0. The van der Waals surface area contributed by atoms with Gasteiger partial charge in [0.1, 0.15) is 11.6 Å². The quantitative estimate of drug-likeness (QED) is 0.178. The predicted octanol–water partition coefficient (Wildman–Crippen LogP) is 3.81. The molecule has 1 N–H and O–H groups in total. The summed E-state index contributed by atoms with van der Waals surface area (Å²) < 4.78 is 12.0. The number of rotatable bonds is 11. The van der Waals surface area contributed by atoms with Gasteiger partial charge >= 0.3 is 5.97 Å². The lowest BCUT2D eigenvalue weighted by molar-refractivity contribution is -0.155. The van der Waals surface area contributed by atoms with Crippen LogP contribution in [0.4, 0.5) is 5.69 Å². The van der Waals surface area contributed by atoms with Crippen LogP contribution >= 0.6 is 27.5 Å². The van der Waals surface area contributed by atoms with Crippen molar-refractivity contribution in [1.82, 2.24) is 4.90 Å². The van der Waals surface area contributed by atoms with Gasteiger partial charge in [-0.3, -0.25) is 14.4 Å². The molecule has 0 radical (unpaired) electrons. The van der Waals surface area contributed by atoms with Gasteiger partial charge < -0.3 is 24.4 Å². The first kappa shape index (κ1) is 28.8. The lowest BCUT2D eigenvalue weighted by Crippen LogP contribution is -2.59. The van der Waals surface area contributed by atoms with Crippen LogP contribution in [0.25, 0.3) is 0 Å². The number of para-hydroxylation sites is 1. The lowest BCUT2D eigenvalue weighted by atomic mass is 9.70. The summed E-state index contributed by atoms with van der Waals surface area (Å²) in [5.41, 5.74) is 0.0314. The van der Waals surface area contributed by atoms with Gasteiger partial charge in [0.15, 0.2) is 0 Å². The number of aryl methyl sites for hydroxylation is 1. The number of nitrogens with zero attached hydrogens (tertiary/aromatic N) is 2. The van der Waals surface area contributed by atoms with E-state index in [9.17, 15) is 19.5 Å². The number of ether oxygens (including phenoxy) is 2. The molecule has 8 nitrogen and oxygen atoms in total. The Morgan fingerprint density at radius 2 is 2.13 bits per heavy atom. The van der Waals surface area contributed by atoms with E-state index >= 15 is 0 Å². The molecule has 3 heterocycles. The molecule has 3 fully saturated rings. The van der Waals surface area contributed by atoms with Crippen molar-refractivity contribution < 1.29 is 29.0 Å². The number of carbonyl (C=O) groups excluding carboxylic acids is 3. The molecule has 0 aliphatic carbocycles. The van der Waals surface area contributed by atoms with E-state index in [-0.39, 0.29) is 30.5 Å². The van der Waals surface area contributed by atoms with Crippen LogP contribution in [0, 0.1) is 18.8 Å². The number of esters is 1. The third-order valence-corrected chi connectivity index (χ3v) is 9.06. The Morgan fingerprint density at radius 3 is 2.74 bits per heavy atom. The Morgan fingerprint density at radius 1 is 1.39 bits per heavy atom. The van der Waals surface area contributed by atoms with E-state index in [1.807, 2.05) is 19.9 Å². The summed E-state index contributed by atoms with van der Waals surface area (Å²) in [4.78, 5) is 44.7. The molecule has 2 bridgehead atoms. The fraction of sp³-hybridized carbons (Fsp3) is 0.536. The molecule has 0 saturated carbocycles. The maximum atomic E-state index is 14.6. The van der Waals surface area contributed by atoms with Crippen molar-refractivity contribution in [1.29, 1.82) is 0 Å². The number of likely N-dealkylation sites (tertiary alicyclic amines) is 1. The van der Waals surface area contributed by atoms with Gasteiger partial charge in [-0.05, 0) is 37.8 Å². The van der Waals surface area contributed by atoms with Crippen LogP contribution in [0.1, 0.15) is 31.7 Å². The Balaban J connectivity index is 1.83. The molecule has 206 valence electrons. The van der Waals surface area contributed by atoms with E-state index in [1.165, 1.54) is 9.80 Å². The zero-order valence-electron chi connectivity index (χ0n) is 21.6. The third kappa shape index (κ3) is 4.51. The Kier molecular flexibility index (Phi) is 8.71. The van der Waals surface area contributed by atoms with Gasteiger partial charge in [-0.15, -0.1) is 13.2 Å². The summed E-state index contributed by atoms with van der Waals surface area (Å²) in [5.74, 6) is -3.10. The summed E-state index contributed by atoms with van der Waals surface area (Å²) in [5, 5.41) is 10.6. The van der Waals surface area contributed by atoms with Gasteiger partial charge in [0.2, 0.25) is 5.91 Å². The number of alkyl halides is 1. The van der Waals surface area contributed by atoms with Crippen molar-refractivity contribution in [3.63, 3.8) is 0 Å². The molecule has 4 rings (SSSR count). The number of benzene rings is 1. The number of amides is 2. The van der Waals surface area contributed by atoms with E-state index in [0.717, 1.165) is 5.56 Å². The Labute approximate surface area is 236 Å². The smallest absolute Gasteiger partial charge is 0.312 e. The number of hydrogen-bond donors (Lipinski definition) is 1. The molecule has 3 aliphatic rings. The van der Waals surface area contributed by atoms with Crippen molar-refractivity contribution in [3.05, 3.63) is 54.1 Å². The monoisotopic (exact) mass is 608 g/mol. The summed E-state index contributed by atoms with van der Waals surface area (Å²) in [6.45, 7) is 11.1. The standard InChI is InChI=1S/C28H34BrClN2O6/c1-5-8-13-37-27(36)20-21-25(34)32(17(7-3)15-33)24(28(21)14-18(29)23(20)38-28)26(35)31(12-6-2)22-16(4)10-9-11-19(22)30/h5-6,9-11,17-18,20-21,23-24,33H,1-2,7-8,12-15H2,3-4H3/t17-,18?,20-,21-,23-,24?,28?/m0/s1. The van der Waals surface area contributed by atoms with Crippen molar-refractivity contribution in [2.75, 3.05) is 24.7 Å². The van der Waals surface area contributed by atoms with Crippen molar-refractivity contribution in [2.24, 2.45) is 11.8 Å². The summed E-state index contributed by atoms with van der Waals surface area (Å²) in [6, 6.07) is 3.64. The number of hydrogen-bond acceptors (Lipinski definition) is 6. The zero-order chi connectivity index (χ0) is 27.8. The average molecular weight is 610 g/mol. The first-order chi connectivity index (χ1) is 18.2. The highest BCUT2D eigenvalue weighted by Gasteiger charge is 2.77. The molecule has 3 unspecified atom stereocenters. The van der Waals surface area contributed by atoms with Crippen LogP contribution in [0.3, 0.4) is 0 Å². The number of fused-ring (bicyclic) bond motifs is 1. The topological polar surface area (TPSA) is 96.4 Å². The highest BCUT2D eigenvalue weighted by Crippen LogP contribution is 2.61. The highest BCUT2D eigenvalue weighted by molar-refractivity contribution is 9.09. The van der Waals surface area contributed by atoms with Gasteiger partial charge in [-0.25, -0.2) is 0 Å². The van der Waals surface area contributed by atoms with Crippen LogP contribution < -0.4 is 4.90 Å². The van der Waals surface area contributed by atoms with E-state index < -0.39 is 47.5 Å². The number of aliphatic hydroxyl groups is 1. The maximum Gasteiger partial charge on any atom is 0.312 e. The molecule has 2 amide bonds. The SMILES string of the molecule is C=CCCOC(=O)[C@H]1[C@H]2C(=O)N([C@@H](CC)CO)C(C(=O)N(CC=C)c3c(C)cccc3Cl)C23CC(Br)[C@@H]1O3. The largest absolute Gasteiger partial charge is 0.465 e. The fourth-order valence-electron chi connectivity index (χ4n) is 6.30. The molecule has 1 spiro atoms. The van der Waals surface area contributed by atoms with Crippen LogP contribution in [0.15, 0.2) is 43.5 Å². The molecule has 7 atom stereocenters. The normalized spacial score (nSPS) is 30.2. The molecule has 3 aliphatic heterocycles. The Bertz CT molecular complexity index is 1110. The van der Waals surface area contributed by atoms with Crippen molar-refractivity contribution in [3.8, 4) is 0 Å². The maximum absolute atomic E-state index is 14.6. The van der Waals surface area contributed by atoms with Crippen molar-refractivity contribution in [2.45, 2.75) is 61.7 Å². The number of halogens is 2. The minimum atomic E-state index is -1.27. The minimum absolute atomic E-state index is 0.144. The van der Waals surface area contributed by atoms with E-state index in [1.54, 1.807) is 24.3 Å². The molecule has 10 heteroatoms. The van der Waals surface area contributed by atoms with Crippen LogP contribution in [-0.4, -0.2) is 76.2 Å². The highest BCUT2D eigenvalue weighted by atomic mass is 79.9. The van der Waals surface area contributed by atoms with Gasteiger partial charge in [-0.2, -0.15) is 0 Å². The van der Waals surface area contributed by atoms with Gasteiger partial charge in [0.05, 0.1) is 47.9 Å². The fourth-order valence-corrected chi connectivity index (χ4v) is 7.56. The first-order valence-electron chi connectivity index (χ1n) is 12.9. The first-order valence-corrected chi connectivity index (χ1v) is 14.2. The molecule has 0 aromatic heterocycles. The lowest BCUT2D eigenvalue weighted by Gasteiger charge is -2.39. The van der Waals surface area contributed by atoms with Gasteiger partial charge in [-0.1, -0.05) is 58.7 Å². The summed E-state index contributed by atoms with van der Waals surface area (Å²) in [6.07, 6.45) is 3.87. The van der Waals surface area contributed by atoms with Crippen LogP contribution in [0.5, 0.6) is 0 Å². The van der Waals surface area contributed by atoms with E-state index in [4.69, 9.17) is 21.1 Å². The second-order valence-electron chi connectivity index (χ2n) is 10.0. The van der Waals surface area contributed by atoms with Crippen molar-refractivity contribution >= 4 is 51.0 Å². The molecule has 1 aromatic rings. The third-order valence-electron chi connectivity index (χ3n) is 7.91. The van der Waals surface area contributed by atoms with E-state index in [2.05, 4.69) is 29.1 Å². The summed E-state index contributed by atoms with van der Waals surface area (Å²) >= 11 is 10.2. The Hall–Kier alpha value is -2.20. The van der Waals surface area contributed by atoms with Gasteiger partial charge in [0, 0.05) is 11.4 Å². The van der Waals surface area contributed by atoms with Gasteiger partial charge in [0.25, 0.3) is 5.91 Å². The molecular formula is C28H34BrClN2O6. The number of aliphatic hydroxyl groups excluding tert-OH is 1. The van der Waals surface area contributed by atoms with Crippen LogP contribution in [-0.2, 0) is 23.9 Å². The molecule has 38 heavy (non-hydrogen) atoms. The van der Waals surface area contributed by atoms with E-state index in [0.29, 0.717) is 30.0 Å². The zero-order valence-corrected chi connectivity index (χ0v) is 24.0. The minimum Gasteiger partial charge on any atom is -0.465 e. The molecule has 3 saturated heterocycles. The number of carbonyl (C=O) groups is 3. The second kappa shape index (κ2) is 11.5. The predicted molar refractivity (Wildman–Crippen MR) is 148 cm³/mol. The molecule has 1 aromatic carbocycles. The molecular weight excluding hydrogens is 576 g/mol. The second-order valence-corrected chi connectivity index (χ2v) is 11.6. The van der Waals surface area contributed by atoms with Crippen LogP contribution in [0.2, 0.25) is 5.02 Å². The number of anilines is 1.